The molecule has 0 aromatic heterocycles. The van der Waals surface area contributed by atoms with Gasteiger partial charge in [-0.15, -0.1) is 0 Å². The highest BCUT2D eigenvalue weighted by molar-refractivity contribution is 7.92. The van der Waals surface area contributed by atoms with Crippen molar-refractivity contribution in [2.75, 3.05) is 30.6 Å². The molecule has 1 aliphatic heterocycles. The highest BCUT2D eigenvalue weighted by Gasteiger charge is 2.65. The van der Waals surface area contributed by atoms with Crippen LogP contribution < -0.4 is 4.72 Å². The molecule has 0 bridgehead atoms. The number of hydrogen-bond acceptors (Lipinski definition) is 5. The summed E-state index contributed by atoms with van der Waals surface area (Å²) in [5, 5.41) is 0. The Morgan fingerprint density at radius 3 is 2.03 bits per heavy atom. The molecule has 3 aromatic carbocycles. The van der Waals surface area contributed by atoms with Gasteiger partial charge < -0.3 is 4.90 Å². The van der Waals surface area contributed by atoms with Crippen LogP contribution in [0.1, 0.15) is 24.5 Å². The Morgan fingerprint density at radius 2 is 1.49 bits per heavy atom. The van der Waals surface area contributed by atoms with E-state index in [2.05, 4.69) is 52.9 Å². The van der Waals surface area contributed by atoms with Gasteiger partial charge in [-0.25, -0.2) is 8.42 Å². The Kier molecular flexibility index (Phi) is 8.08. The maximum Gasteiger partial charge on any atom is 0.294 e. The van der Waals surface area contributed by atoms with E-state index in [0.717, 1.165) is 26.1 Å². The van der Waals surface area contributed by atoms with Crippen LogP contribution in [0, 0.1) is 11.8 Å². The van der Waals surface area contributed by atoms with E-state index in [0.29, 0.717) is 17.5 Å². The summed E-state index contributed by atoms with van der Waals surface area (Å²) in [5.74, 6) is 1.37. The molecule has 0 spiro atoms. The molecule has 1 saturated carbocycles. The average Bonchev–Trinajstić information content (AvgIpc) is 3.18. The van der Waals surface area contributed by atoms with Gasteiger partial charge in [-0.05, 0) is 66.6 Å². The summed E-state index contributed by atoms with van der Waals surface area (Å²) in [7, 11) is -7.24. The molecule has 7 nitrogen and oxygen atoms in total. The van der Waals surface area contributed by atoms with Gasteiger partial charge in [0.25, 0.3) is 10.1 Å². The first kappa shape index (κ1) is 27.3. The van der Waals surface area contributed by atoms with Crippen LogP contribution in [-0.2, 0) is 32.0 Å². The van der Waals surface area contributed by atoms with Crippen molar-refractivity contribution in [3.05, 3.63) is 96.1 Å². The fourth-order valence-corrected chi connectivity index (χ4v) is 6.51. The standard InChI is InChI=1S/C22H28N2O2S.C6H6O3S/c1-22(18-11-6-12-19(14-18)23-27(2,25)26)20-15-24(16-21(20)22)13-7-10-17-8-4-3-5-9-17;7-10(8,9)6-4-2-1-3-5-6/h3-6,8-9,11-12,14,20-21,23H,7,10,13,15-16H2,1-2H3;1-5H,(H,7,8,9). The molecule has 2 atom stereocenters. The molecule has 2 fully saturated rings. The van der Waals surface area contributed by atoms with Crippen molar-refractivity contribution < 1.29 is 21.4 Å². The molecule has 3 aromatic rings. The van der Waals surface area contributed by atoms with Crippen LogP contribution in [0.4, 0.5) is 5.69 Å². The molecular formula is C28H34N2O5S2. The third kappa shape index (κ3) is 6.98. The summed E-state index contributed by atoms with van der Waals surface area (Å²) in [5.41, 5.74) is 3.53. The van der Waals surface area contributed by atoms with Crippen LogP contribution in [0.25, 0.3) is 0 Å². The SMILES string of the molecule is CC1(c2cccc(NS(C)(=O)=O)c2)C2CN(CCCc3ccccc3)CC21.O=S(=O)(O)c1ccccc1. The third-order valence-corrected chi connectivity index (χ3v) is 8.91. The van der Waals surface area contributed by atoms with Crippen molar-refractivity contribution in [1.82, 2.24) is 4.90 Å². The van der Waals surface area contributed by atoms with Crippen LogP contribution >= 0.6 is 0 Å². The van der Waals surface area contributed by atoms with Crippen LogP contribution in [0.15, 0.2) is 89.8 Å². The molecule has 1 heterocycles. The summed E-state index contributed by atoms with van der Waals surface area (Å²) in [6.45, 7) is 5.80. The number of benzene rings is 3. The number of hydrogen-bond donors (Lipinski definition) is 2. The van der Waals surface area contributed by atoms with Crippen LogP contribution in [0.3, 0.4) is 0 Å². The Bertz CT molecular complexity index is 1400. The van der Waals surface area contributed by atoms with E-state index in [1.807, 2.05) is 18.2 Å². The fraction of sp³-hybridized carbons (Fsp3) is 0.357. The van der Waals surface area contributed by atoms with E-state index < -0.39 is 20.1 Å². The first-order valence-electron chi connectivity index (χ1n) is 12.3. The van der Waals surface area contributed by atoms with Crippen molar-refractivity contribution in [3.63, 3.8) is 0 Å². The molecule has 2 unspecified atom stereocenters. The molecule has 198 valence electrons. The van der Waals surface area contributed by atoms with E-state index in [4.69, 9.17) is 4.55 Å². The topological polar surface area (TPSA) is 104 Å². The van der Waals surface area contributed by atoms with E-state index in [1.165, 1.54) is 35.9 Å². The van der Waals surface area contributed by atoms with Crippen LogP contribution in [-0.4, -0.2) is 52.2 Å². The number of anilines is 1. The number of likely N-dealkylation sites (tertiary alicyclic amines) is 1. The third-order valence-electron chi connectivity index (χ3n) is 7.44. The van der Waals surface area contributed by atoms with Crippen molar-refractivity contribution in [2.45, 2.75) is 30.1 Å². The van der Waals surface area contributed by atoms with Crippen LogP contribution in [0.5, 0.6) is 0 Å². The molecular weight excluding hydrogens is 508 g/mol. The quantitative estimate of drug-likeness (QED) is 0.408. The van der Waals surface area contributed by atoms with Gasteiger partial charge in [0.15, 0.2) is 0 Å². The smallest absolute Gasteiger partial charge is 0.294 e. The number of sulfonamides is 1. The minimum Gasteiger partial charge on any atom is -0.303 e. The van der Waals surface area contributed by atoms with Gasteiger partial charge in [-0.1, -0.05) is 67.6 Å². The Hall–Kier alpha value is -2.72. The van der Waals surface area contributed by atoms with Gasteiger partial charge in [0, 0.05) is 24.2 Å². The molecule has 2 N–H and O–H groups in total. The lowest BCUT2D eigenvalue weighted by Gasteiger charge is -2.24. The molecule has 1 aliphatic carbocycles. The van der Waals surface area contributed by atoms with Gasteiger partial charge in [-0.3, -0.25) is 9.27 Å². The van der Waals surface area contributed by atoms with E-state index >= 15 is 0 Å². The van der Waals surface area contributed by atoms with Gasteiger partial charge in [-0.2, -0.15) is 8.42 Å². The van der Waals surface area contributed by atoms with Gasteiger partial charge in [0.05, 0.1) is 11.2 Å². The normalized spacial score (nSPS) is 23.0. The average molecular weight is 543 g/mol. The second-order valence-corrected chi connectivity index (χ2v) is 13.3. The lowest BCUT2D eigenvalue weighted by Crippen LogP contribution is -2.30. The number of aryl methyl sites for hydroxylation is 1. The van der Waals surface area contributed by atoms with E-state index in [9.17, 15) is 16.8 Å². The van der Waals surface area contributed by atoms with Crippen molar-refractivity contribution in [3.8, 4) is 0 Å². The highest BCUT2D eigenvalue weighted by atomic mass is 32.2. The summed E-state index contributed by atoms with van der Waals surface area (Å²) in [6.07, 6.45) is 3.54. The first-order chi connectivity index (χ1) is 17.5. The lowest BCUT2D eigenvalue weighted by atomic mass is 9.92. The molecule has 5 rings (SSSR count). The molecule has 9 heteroatoms. The van der Waals surface area contributed by atoms with E-state index in [-0.39, 0.29) is 10.3 Å². The summed E-state index contributed by atoms with van der Waals surface area (Å²) < 4.78 is 54.8. The number of nitrogens with one attached hydrogen (secondary N) is 1. The zero-order valence-corrected chi connectivity index (χ0v) is 22.8. The molecule has 0 amide bonds. The minimum absolute atomic E-state index is 0.0741. The predicted molar refractivity (Wildman–Crippen MR) is 147 cm³/mol. The monoisotopic (exact) mass is 542 g/mol. The Labute approximate surface area is 220 Å². The predicted octanol–water partition coefficient (Wildman–Crippen LogP) is 4.44. The molecule has 2 aliphatic rings. The molecule has 37 heavy (non-hydrogen) atoms. The number of nitrogens with zero attached hydrogens (tertiary/aromatic N) is 1. The van der Waals surface area contributed by atoms with Gasteiger partial charge in [0.1, 0.15) is 0 Å². The fourth-order valence-electron chi connectivity index (χ4n) is 5.45. The largest absolute Gasteiger partial charge is 0.303 e. The molecule has 1 saturated heterocycles. The number of rotatable bonds is 8. The number of fused-ring (bicyclic) bond motifs is 1. The summed E-state index contributed by atoms with van der Waals surface area (Å²) in [4.78, 5) is 2.52. The Balaban J connectivity index is 0.000000270. The second-order valence-electron chi connectivity index (χ2n) is 10.1. The number of piperidine rings is 1. The van der Waals surface area contributed by atoms with E-state index in [1.54, 1.807) is 18.2 Å². The van der Waals surface area contributed by atoms with Crippen molar-refractivity contribution in [1.29, 1.82) is 0 Å². The summed E-state index contributed by atoms with van der Waals surface area (Å²) in [6, 6.07) is 26.1. The van der Waals surface area contributed by atoms with Crippen molar-refractivity contribution >= 4 is 25.8 Å². The van der Waals surface area contributed by atoms with Gasteiger partial charge >= 0.3 is 0 Å². The lowest BCUT2D eigenvalue weighted by molar-refractivity contribution is 0.274. The maximum absolute atomic E-state index is 11.5. The Morgan fingerprint density at radius 1 is 0.892 bits per heavy atom. The summed E-state index contributed by atoms with van der Waals surface area (Å²) >= 11 is 0. The van der Waals surface area contributed by atoms with Crippen LogP contribution in [0.2, 0.25) is 0 Å². The maximum atomic E-state index is 11.5. The zero-order chi connectivity index (χ0) is 26.7. The minimum atomic E-state index is -4.00. The van der Waals surface area contributed by atoms with Gasteiger partial charge in [0.2, 0.25) is 10.0 Å². The van der Waals surface area contributed by atoms with Crippen molar-refractivity contribution in [2.24, 2.45) is 11.8 Å². The highest BCUT2D eigenvalue weighted by Crippen LogP contribution is 2.63. The zero-order valence-electron chi connectivity index (χ0n) is 21.1. The molecule has 0 radical (unpaired) electrons. The first-order valence-corrected chi connectivity index (χ1v) is 15.7. The second kappa shape index (κ2) is 10.9.